The van der Waals surface area contributed by atoms with E-state index in [4.69, 9.17) is 0 Å². The van der Waals surface area contributed by atoms with E-state index in [-0.39, 0.29) is 11.5 Å². The highest BCUT2D eigenvalue weighted by molar-refractivity contribution is 5.84. The SMILES string of the molecule is CC1(C(=O)N2C3CCC2CC(O)C3)CCNC1. The number of aliphatic hydroxyl groups excluding tert-OH is 1. The third-order valence-corrected chi connectivity index (χ3v) is 4.83. The number of nitrogens with one attached hydrogen (secondary N) is 1. The molecule has 0 aromatic carbocycles. The van der Waals surface area contributed by atoms with Crippen LogP contribution < -0.4 is 5.32 Å². The summed E-state index contributed by atoms with van der Waals surface area (Å²) in [5.41, 5.74) is -0.205. The van der Waals surface area contributed by atoms with Gasteiger partial charge in [0.25, 0.3) is 0 Å². The van der Waals surface area contributed by atoms with Crippen LogP contribution in [0.5, 0.6) is 0 Å². The van der Waals surface area contributed by atoms with E-state index < -0.39 is 0 Å². The number of fused-ring (bicyclic) bond motifs is 2. The van der Waals surface area contributed by atoms with Gasteiger partial charge in [0.1, 0.15) is 0 Å². The first-order chi connectivity index (χ1) is 8.10. The lowest BCUT2D eigenvalue weighted by atomic mass is 9.86. The van der Waals surface area contributed by atoms with E-state index >= 15 is 0 Å². The van der Waals surface area contributed by atoms with E-state index in [1.54, 1.807) is 0 Å². The van der Waals surface area contributed by atoms with Crippen molar-refractivity contribution in [1.82, 2.24) is 10.2 Å². The molecule has 3 aliphatic heterocycles. The third-order valence-electron chi connectivity index (χ3n) is 4.83. The molecule has 4 nitrogen and oxygen atoms in total. The van der Waals surface area contributed by atoms with Gasteiger partial charge in [-0.2, -0.15) is 0 Å². The molecule has 17 heavy (non-hydrogen) atoms. The minimum absolute atomic E-state index is 0.189. The third kappa shape index (κ3) is 1.78. The molecule has 0 radical (unpaired) electrons. The number of aliphatic hydroxyl groups is 1. The van der Waals surface area contributed by atoms with Crippen molar-refractivity contribution in [3.8, 4) is 0 Å². The lowest BCUT2D eigenvalue weighted by Gasteiger charge is -2.41. The Morgan fingerprint density at radius 2 is 2.00 bits per heavy atom. The van der Waals surface area contributed by atoms with Crippen LogP contribution in [0, 0.1) is 5.41 Å². The zero-order valence-electron chi connectivity index (χ0n) is 10.5. The number of rotatable bonds is 1. The number of hydrogen-bond acceptors (Lipinski definition) is 3. The zero-order valence-corrected chi connectivity index (χ0v) is 10.5. The normalized spacial score (nSPS) is 45.3. The van der Waals surface area contributed by atoms with Gasteiger partial charge in [-0.1, -0.05) is 0 Å². The Morgan fingerprint density at radius 1 is 1.35 bits per heavy atom. The van der Waals surface area contributed by atoms with Crippen LogP contribution in [-0.2, 0) is 4.79 Å². The van der Waals surface area contributed by atoms with Crippen LogP contribution >= 0.6 is 0 Å². The van der Waals surface area contributed by atoms with E-state index in [1.807, 2.05) is 0 Å². The molecule has 96 valence electrons. The quantitative estimate of drug-likeness (QED) is 0.699. The Hall–Kier alpha value is -0.610. The molecule has 0 aliphatic carbocycles. The molecular weight excluding hydrogens is 216 g/mol. The standard InChI is InChI=1S/C13H22N2O2/c1-13(4-5-14-8-13)12(17)15-9-2-3-10(15)7-11(16)6-9/h9-11,14,16H,2-8H2,1H3. The van der Waals surface area contributed by atoms with Gasteiger partial charge >= 0.3 is 0 Å². The van der Waals surface area contributed by atoms with Crippen LogP contribution in [-0.4, -0.2) is 47.2 Å². The van der Waals surface area contributed by atoms with Crippen LogP contribution in [0.4, 0.5) is 0 Å². The van der Waals surface area contributed by atoms with Crippen molar-refractivity contribution in [3.05, 3.63) is 0 Å². The summed E-state index contributed by atoms with van der Waals surface area (Å²) in [6.07, 6.45) is 4.49. The summed E-state index contributed by atoms with van der Waals surface area (Å²) in [6.45, 7) is 3.85. The average molecular weight is 238 g/mol. The van der Waals surface area contributed by atoms with Crippen molar-refractivity contribution in [1.29, 1.82) is 0 Å². The van der Waals surface area contributed by atoms with Gasteiger partial charge in [0.15, 0.2) is 0 Å². The second-order valence-corrected chi connectivity index (χ2v) is 6.21. The Balaban J connectivity index is 1.78. The highest BCUT2D eigenvalue weighted by atomic mass is 16.3. The van der Waals surface area contributed by atoms with Crippen molar-refractivity contribution < 1.29 is 9.90 Å². The molecule has 3 unspecified atom stereocenters. The van der Waals surface area contributed by atoms with E-state index in [0.29, 0.717) is 18.0 Å². The smallest absolute Gasteiger partial charge is 0.230 e. The highest BCUT2D eigenvalue weighted by Crippen LogP contribution is 2.40. The lowest BCUT2D eigenvalue weighted by Crippen LogP contribution is -2.53. The predicted molar refractivity (Wildman–Crippen MR) is 64.5 cm³/mol. The van der Waals surface area contributed by atoms with E-state index in [2.05, 4.69) is 17.1 Å². The van der Waals surface area contributed by atoms with Gasteiger partial charge in [-0.15, -0.1) is 0 Å². The first kappa shape index (κ1) is 11.5. The summed E-state index contributed by atoms with van der Waals surface area (Å²) < 4.78 is 0. The zero-order chi connectivity index (χ0) is 12.0. The monoisotopic (exact) mass is 238 g/mol. The first-order valence-corrected chi connectivity index (χ1v) is 6.82. The van der Waals surface area contributed by atoms with E-state index in [0.717, 1.165) is 45.2 Å². The van der Waals surface area contributed by atoms with Gasteiger partial charge in [-0.05, 0) is 45.6 Å². The maximum Gasteiger partial charge on any atom is 0.230 e. The molecule has 4 heteroatoms. The number of hydrogen-bond donors (Lipinski definition) is 2. The first-order valence-electron chi connectivity index (χ1n) is 6.82. The van der Waals surface area contributed by atoms with Crippen LogP contribution in [0.3, 0.4) is 0 Å². The molecule has 2 bridgehead atoms. The number of piperidine rings is 1. The predicted octanol–water partition coefficient (Wildman–Crippen LogP) is 0.500. The topological polar surface area (TPSA) is 52.6 Å². The molecule has 0 aromatic rings. The summed E-state index contributed by atoms with van der Waals surface area (Å²) in [5, 5.41) is 13.1. The molecule has 0 spiro atoms. The molecule has 1 amide bonds. The van der Waals surface area contributed by atoms with E-state index in [9.17, 15) is 9.90 Å². The maximum atomic E-state index is 12.7. The number of carbonyl (C=O) groups excluding carboxylic acids is 1. The fraction of sp³-hybridized carbons (Fsp3) is 0.923. The minimum atomic E-state index is -0.205. The van der Waals surface area contributed by atoms with Gasteiger partial charge in [-0.3, -0.25) is 4.79 Å². The number of nitrogens with zero attached hydrogens (tertiary/aromatic N) is 1. The molecule has 2 N–H and O–H groups in total. The molecule has 3 aliphatic rings. The highest BCUT2D eigenvalue weighted by Gasteiger charge is 2.48. The number of carbonyl (C=O) groups is 1. The van der Waals surface area contributed by atoms with Gasteiger partial charge in [0.05, 0.1) is 11.5 Å². The summed E-state index contributed by atoms with van der Waals surface area (Å²) in [4.78, 5) is 14.8. The van der Waals surface area contributed by atoms with Gasteiger partial charge in [0.2, 0.25) is 5.91 Å². The fourth-order valence-corrected chi connectivity index (χ4v) is 3.79. The molecule has 3 rings (SSSR count). The Bertz CT molecular complexity index is 311. The lowest BCUT2D eigenvalue weighted by molar-refractivity contribution is -0.146. The molecule has 3 heterocycles. The van der Waals surface area contributed by atoms with Crippen LogP contribution in [0.25, 0.3) is 0 Å². The number of amides is 1. The summed E-state index contributed by atoms with van der Waals surface area (Å²) in [5.74, 6) is 0.321. The molecule has 3 saturated heterocycles. The Labute approximate surface area is 102 Å². The molecular formula is C13H22N2O2. The van der Waals surface area contributed by atoms with E-state index in [1.165, 1.54) is 0 Å². The maximum absolute atomic E-state index is 12.7. The van der Waals surface area contributed by atoms with Crippen molar-refractivity contribution >= 4 is 5.91 Å². The minimum Gasteiger partial charge on any atom is -0.393 e. The summed E-state index contributed by atoms with van der Waals surface area (Å²) >= 11 is 0. The molecule has 0 saturated carbocycles. The molecule has 3 atom stereocenters. The van der Waals surface area contributed by atoms with Crippen molar-refractivity contribution in [3.63, 3.8) is 0 Å². The van der Waals surface area contributed by atoms with Crippen molar-refractivity contribution in [2.75, 3.05) is 13.1 Å². The van der Waals surface area contributed by atoms with Crippen LogP contribution in [0.15, 0.2) is 0 Å². The van der Waals surface area contributed by atoms with Crippen molar-refractivity contribution in [2.24, 2.45) is 5.41 Å². The molecule has 3 fully saturated rings. The van der Waals surface area contributed by atoms with Gasteiger partial charge in [-0.25, -0.2) is 0 Å². The Kier molecular flexibility index (Phi) is 2.67. The largest absolute Gasteiger partial charge is 0.393 e. The van der Waals surface area contributed by atoms with Gasteiger partial charge < -0.3 is 15.3 Å². The summed E-state index contributed by atoms with van der Waals surface area (Å²) in [6, 6.07) is 0.599. The van der Waals surface area contributed by atoms with Crippen LogP contribution in [0.1, 0.15) is 39.0 Å². The Morgan fingerprint density at radius 3 is 2.53 bits per heavy atom. The second-order valence-electron chi connectivity index (χ2n) is 6.21. The second kappa shape index (κ2) is 3.95. The fourth-order valence-electron chi connectivity index (χ4n) is 3.79. The van der Waals surface area contributed by atoms with Crippen LogP contribution in [0.2, 0.25) is 0 Å². The molecule has 0 aromatic heterocycles. The average Bonchev–Trinajstić information content (AvgIpc) is 2.82. The van der Waals surface area contributed by atoms with Crippen molar-refractivity contribution in [2.45, 2.75) is 57.2 Å². The van der Waals surface area contributed by atoms with Gasteiger partial charge in [0, 0.05) is 18.6 Å². The summed E-state index contributed by atoms with van der Waals surface area (Å²) in [7, 11) is 0.